The Morgan fingerprint density at radius 3 is 2.71 bits per heavy atom. The lowest BCUT2D eigenvalue weighted by Gasteiger charge is -2.26. The van der Waals surface area contributed by atoms with Crippen LogP contribution in [-0.2, 0) is 4.74 Å². The van der Waals surface area contributed by atoms with E-state index >= 15 is 0 Å². The summed E-state index contributed by atoms with van der Waals surface area (Å²) in [5.74, 6) is 0. The molecule has 1 aliphatic heterocycles. The Kier molecular flexibility index (Phi) is 5.26. The second-order valence-corrected chi connectivity index (χ2v) is 5.82. The second kappa shape index (κ2) is 6.72. The van der Waals surface area contributed by atoms with Gasteiger partial charge in [-0.05, 0) is 45.1 Å². The van der Waals surface area contributed by atoms with E-state index in [4.69, 9.17) is 4.74 Å². The highest BCUT2D eigenvalue weighted by molar-refractivity contribution is 4.85. The zero-order valence-electron chi connectivity index (χ0n) is 10.9. The van der Waals surface area contributed by atoms with Gasteiger partial charge in [-0.25, -0.2) is 0 Å². The van der Waals surface area contributed by atoms with E-state index in [1.54, 1.807) is 0 Å². The van der Waals surface area contributed by atoms with Gasteiger partial charge in [0, 0.05) is 25.2 Å². The standard InChI is InChI=1S/C14H27NO2/c16-12-14(7-1-2-8-14)11-15-9-3-5-13-6-4-10-17-13/h13,15-16H,1-12H2. The molecule has 1 saturated carbocycles. The van der Waals surface area contributed by atoms with E-state index in [9.17, 15) is 5.11 Å². The van der Waals surface area contributed by atoms with Crippen LogP contribution in [0.2, 0.25) is 0 Å². The molecule has 1 atom stereocenters. The number of hydrogen-bond acceptors (Lipinski definition) is 3. The molecule has 2 rings (SSSR count). The molecule has 1 aliphatic carbocycles. The van der Waals surface area contributed by atoms with Gasteiger partial charge in [0.15, 0.2) is 0 Å². The Bertz CT molecular complexity index is 208. The summed E-state index contributed by atoms with van der Waals surface area (Å²) in [7, 11) is 0. The Balaban J connectivity index is 1.53. The van der Waals surface area contributed by atoms with Crippen molar-refractivity contribution in [3.63, 3.8) is 0 Å². The summed E-state index contributed by atoms with van der Waals surface area (Å²) in [6.45, 7) is 3.38. The van der Waals surface area contributed by atoms with E-state index in [1.807, 2.05) is 0 Å². The molecule has 0 aromatic heterocycles. The average Bonchev–Trinajstić information content (AvgIpc) is 3.00. The fourth-order valence-corrected chi connectivity index (χ4v) is 3.20. The highest BCUT2D eigenvalue weighted by atomic mass is 16.5. The third-order valence-electron chi connectivity index (χ3n) is 4.40. The van der Waals surface area contributed by atoms with Gasteiger partial charge in [0.25, 0.3) is 0 Å². The molecule has 17 heavy (non-hydrogen) atoms. The lowest BCUT2D eigenvalue weighted by Crippen LogP contribution is -2.35. The molecule has 0 bridgehead atoms. The Labute approximate surface area is 105 Å². The molecule has 1 unspecified atom stereocenters. The van der Waals surface area contributed by atoms with Crippen LogP contribution in [0.15, 0.2) is 0 Å². The highest BCUT2D eigenvalue weighted by Crippen LogP contribution is 2.36. The number of nitrogens with one attached hydrogen (secondary N) is 1. The van der Waals surface area contributed by atoms with Gasteiger partial charge in [0.1, 0.15) is 0 Å². The van der Waals surface area contributed by atoms with Gasteiger partial charge in [-0.1, -0.05) is 12.8 Å². The van der Waals surface area contributed by atoms with Crippen LogP contribution in [0.5, 0.6) is 0 Å². The van der Waals surface area contributed by atoms with Gasteiger partial charge in [0.2, 0.25) is 0 Å². The molecular weight excluding hydrogens is 214 g/mol. The quantitative estimate of drug-likeness (QED) is 0.671. The van der Waals surface area contributed by atoms with Gasteiger partial charge >= 0.3 is 0 Å². The maximum atomic E-state index is 9.49. The maximum absolute atomic E-state index is 9.49. The Morgan fingerprint density at radius 1 is 1.24 bits per heavy atom. The summed E-state index contributed by atoms with van der Waals surface area (Å²) in [6, 6.07) is 0. The van der Waals surface area contributed by atoms with E-state index < -0.39 is 0 Å². The lowest BCUT2D eigenvalue weighted by atomic mass is 9.87. The smallest absolute Gasteiger partial charge is 0.0576 e. The summed E-state index contributed by atoms with van der Waals surface area (Å²) in [5.41, 5.74) is 0.198. The van der Waals surface area contributed by atoms with E-state index in [1.165, 1.54) is 51.4 Å². The minimum absolute atomic E-state index is 0.198. The summed E-state index contributed by atoms with van der Waals surface area (Å²) in [5, 5.41) is 13.0. The normalized spacial score (nSPS) is 27.7. The van der Waals surface area contributed by atoms with Gasteiger partial charge < -0.3 is 15.2 Å². The zero-order valence-corrected chi connectivity index (χ0v) is 10.9. The van der Waals surface area contributed by atoms with Gasteiger partial charge in [-0.3, -0.25) is 0 Å². The van der Waals surface area contributed by atoms with Crippen molar-refractivity contribution in [3.8, 4) is 0 Å². The first-order chi connectivity index (χ1) is 8.35. The van der Waals surface area contributed by atoms with Crippen molar-refractivity contribution in [2.45, 2.75) is 57.5 Å². The lowest BCUT2D eigenvalue weighted by molar-refractivity contribution is 0.101. The molecule has 2 N–H and O–H groups in total. The topological polar surface area (TPSA) is 41.5 Å². The van der Waals surface area contributed by atoms with Crippen LogP contribution in [0.3, 0.4) is 0 Å². The van der Waals surface area contributed by atoms with Crippen molar-refractivity contribution in [1.29, 1.82) is 0 Å². The molecule has 0 spiro atoms. The van der Waals surface area contributed by atoms with Gasteiger partial charge in [-0.2, -0.15) is 0 Å². The maximum Gasteiger partial charge on any atom is 0.0576 e. The molecular formula is C14H27NO2. The molecule has 1 saturated heterocycles. The van der Waals surface area contributed by atoms with Gasteiger partial charge in [-0.15, -0.1) is 0 Å². The first-order valence-electron chi connectivity index (χ1n) is 7.28. The summed E-state index contributed by atoms with van der Waals surface area (Å²) in [6.07, 6.45) is 10.4. The fourth-order valence-electron chi connectivity index (χ4n) is 3.20. The van der Waals surface area contributed by atoms with Crippen LogP contribution in [0.1, 0.15) is 51.4 Å². The molecule has 0 amide bonds. The number of rotatable bonds is 7. The van der Waals surface area contributed by atoms with Crippen molar-refractivity contribution in [1.82, 2.24) is 5.32 Å². The fraction of sp³-hybridized carbons (Fsp3) is 1.00. The van der Waals surface area contributed by atoms with Crippen LogP contribution < -0.4 is 5.32 Å². The van der Waals surface area contributed by atoms with Gasteiger partial charge in [0.05, 0.1) is 6.10 Å². The number of aliphatic hydroxyl groups is 1. The molecule has 0 aromatic carbocycles. The molecule has 0 radical (unpaired) electrons. The third-order valence-corrected chi connectivity index (χ3v) is 4.40. The van der Waals surface area contributed by atoms with Crippen LogP contribution in [-0.4, -0.2) is 37.5 Å². The Hall–Kier alpha value is -0.120. The van der Waals surface area contributed by atoms with Crippen molar-refractivity contribution >= 4 is 0 Å². The number of aliphatic hydroxyl groups excluding tert-OH is 1. The van der Waals surface area contributed by atoms with Crippen LogP contribution in [0.4, 0.5) is 0 Å². The molecule has 1 heterocycles. The number of hydrogen-bond donors (Lipinski definition) is 2. The van der Waals surface area contributed by atoms with E-state index in [-0.39, 0.29) is 5.41 Å². The van der Waals surface area contributed by atoms with E-state index in [2.05, 4.69) is 5.32 Å². The van der Waals surface area contributed by atoms with Crippen LogP contribution in [0, 0.1) is 5.41 Å². The van der Waals surface area contributed by atoms with Crippen molar-refractivity contribution in [2.75, 3.05) is 26.3 Å². The molecule has 3 nitrogen and oxygen atoms in total. The van der Waals surface area contributed by atoms with E-state index in [0.717, 1.165) is 19.7 Å². The first-order valence-corrected chi connectivity index (χ1v) is 7.28. The predicted octanol–water partition coefficient (Wildman–Crippen LogP) is 2.09. The first kappa shape index (κ1) is 13.3. The molecule has 3 heteroatoms. The van der Waals surface area contributed by atoms with Crippen molar-refractivity contribution < 1.29 is 9.84 Å². The van der Waals surface area contributed by atoms with Crippen LogP contribution >= 0.6 is 0 Å². The second-order valence-electron chi connectivity index (χ2n) is 5.82. The number of ether oxygens (including phenoxy) is 1. The summed E-state index contributed by atoms with van der Waals surface area (Å²) < 4.78 is 5.61. The largest absolute Gasteiger partial charge is 0.396 e. The van der Waals surface area contributed by atoms with E-state index in [0.29, 0.717) is 12.7 Å². The van der Waals surface area contributed by atoms with Crippen LogP contribution in [0.25, 0.3) is 0 Å². The predicted molar refractivity (Wildman–Crippen MR) is 69.1 cm³/mol. The summed E-state index contributed by atoms with van der Waals surface area (Å²) >= 11 is 0. The minimum Gasteiger partial charge on any atom is -0.396 e. The summed E-state index contributed by atoms with van der Waals surface area (Å²) in [4.78, 5) is 0. The highest BCUT2D eigenvalue weighted by Gasteiger charge is 2.32. The Morgan fingerprint density at radius 2 is 2.06 bits per heavy atom. The third kappa shape index (κ3) is 3.94. The average molecular weight is 241 g/mol. The zero-order chi connectivity index (χ0) is 12.0. The molecule has 100 valence electrons. The van der Waals surface area contributed by atoms with Crippen molar-refractivity contribution in [3.05, 3.63) is 0 Å². The monoisotopic (exact) mass is 241 g/mol. The van der Waals surface area contributed by atoms with Crippen molar-refractivity contribution in [2.24, 2.45) is 5.41 Å². The molecule has 0 aromatic rings. The SMILES string of the molecule is OCC1(CNCCCC2CCCO2)CCCC1. The molecule has 2 fully saturated rings. The minimum atomic E-state index is 0.198. The molecule has 2 aliphatic rings.